The maximum Gasteiger partial charge on any atom is 0.170 e. The molecule has 3 heteroatoms. The first-order valence-corrected chi connectivity index (χ1v) is 7.63. The van der Waals surface area contributed by atoms with Crippen LogP contribution in [-0.2, 0) is 10.2 Å². The molecule has 1 aromatic carbocycles. The van der Waals surface area contributed by atoms with Gasteiger partial charge in [0.2, 0.25) is 0 Å². The highest BCUT2D eigenvalue weighted by atomic mass is 16.1. The van der Waals surface area contributed by atoms with Crippen LogP contribution < -0.4 is 5.73 Å². The van der Waals surface area contributed by atoms with Crippen molar-refractivity contribution in [1.29, 1.82) is 0 Å². The first-order chi connectivity index (χ1) is 9.87. The van der Waals surface area contributed by atoms with E-state index in [0.29, 0.717) is 5.41 Å². The van der Waals surface area contributed by atoms with Crippen LogP contribution >= 0.6 is 0 Å². The number of Topliss-reactive ketones (excluding diaryl/α,β-unsaturated/α-hetero) is 1. The Labute approximate surface area is 126 Å². The van der Waals surface area contributed by atoms with Crippen molar-refractivity contribution in [3.63, 3.8) is 0 Å². The smallest absolute Gasteiger partial charge is 0.170 e. The van der Waals surface area contributed by atoms with Gasteiger partial charge in [0.1, 0.15) is 0 Å². The second-order valence-corrected chi connectivity index (χ2v) is 7.17. The van der Waals surface area contributed by atoms with E-state index >= 15 is 0 Å². The number of ketones is 1. The first kappa shape index (κ1) is 14.2. The predicted molar refractivity (Wildman–Crippen MR) is 85.9 cm³/mol. The number of carbonyl (C=O) groups excluding carboxylic acids is 1. The molecular weight excluding hydrogens is 260 g/mol. The molecule has 3 nitrogen and oxygen atoms in total. The van der Waals surface area contributed by atoms with Crippen LogP contribution in [0.15, 0.2) is 36.0 Å². The van der Waals surface area contributed by atoms with E-state index in [1.807, 2.05) is 50.3 Å². The van der Waals surface area contributed by atoms with Crippen molar-refractivity contribution in [3.8, 4) is 0 Å². The van der Waals surface area contributed by atoms with Gasteiger partial charge in [-0.05, 0) is 55.7 Å². The van der Waals surface area contributed by atoms with Crippen molar-refractivity contribution in [1.82, 2.24) is 4.90 Å². The molecule has 2 saturated carbocycles. The lowest BCUT2D eigenvalue weighted by Crippen LogP contribution is -2.49. The molecule has 0 bridgehead atoms. The monoisotopic (exact) mass is 284 g/mol. The van der Waals surface area contributed by atoms with Crippen LogP contribution in [-0.4, -0.2) is 24.8 Å². The summed E-state index contributed by atoms with van der Waals surface area (Å²) in [6, 6.07) is 7.89. The molecule has 0 aromatic heterocycles. The Bertz CT molecular complexity index is 603. The minimum atomic E-state index is -0.345. The molecule has 2 N–H and O–H groups in total. The average molecular weight is 284 g/mol. The van der Waals surface area contributed by atoms with E-state index in [4.69, 9.17) is 5.73 Å². The Balaban J connectivity index is 1.97. The summed E-state index contributed by atoms with van der Waals surface area (Å²) in [6.07, 6.45) is 6.46. The summed E-state index contributed by atoms with van der Waals surface area (Å²) in [4.78, 5) is 15.0. The SMILES string of the molecule is C/C(=C\N(C)C)C(=O)C1(c2cccc(N)c2)CC2(CC2)C1. The molecule has 0 aliphatic heterocycles. The molecule has 3 rings (SSSR count). The highest BCUT2D eigenvalue weighted by Crippen LogP contribution is 2.69. The summed E-state index contributed by atoms with van der Waals surface area (Å²) in [7, 11) is 3.90. The molecule has 0 radical (unpaired) electrons. The average Bonchev–Trinajstić information content (AvgIpc) is 3.15. The summed E-state index contributed by atoms with van der Waals surface area (Å²) in [5.74, 6) is 0.263. The Morgan fingerprint density at radius 2 is 1.95 bits per heavy atom. The van der Waals surface area contributed by atoms with Gasteiger partial charge in [0.05, 0.1) is 5.41 Å². The van der Waals surface area contributed by atoms with E-state index in [2.05, 4.69) is 6.07 Å². The van der Waals surface area contributed by atoms with Gasteiger partial charge >= 0.3 is 0 Å². The lowest BCUT2D eigenvalue weighted by molar-refractivity contribution is -0.126. The molecule has 2 aliphatic carbocycles. The third-order valence-electron chi connectivity index (χ3n) is 4.99. The van der Waals surface area contributed by atoms with E-state index in [1.54, 1.807) is 0 Å². The topological polar surface area (TPSA) is 46.3 Å². The number of carbonyl (C=O) groups is 1. The number of benzene rings is 1. The zero-order chi connectivity index (χ0) is 15.3. The molecular formula is C18H24N2O. The van der Waals surface area contributed by atoms with Gasteiger partial charge in [0.25, 0.3) is 0 Å². The number of hydrogen-bond donors (Lipinski definition) is 1. The highest BCUT2D eigenvalue weighted by molar-refractivity contribution is 6.04. The number of rotatable bonds is 4. The zero-order valence-corrected chi connectivity index (χ0v) is 13.1. The van der Waals surface area contributed by atoms with Gasteiger partial charge in [0, 0.05) is 31.6 Å². The molecule has 1 spiro atoms. The number of allylic oxidation sites excluding steroid dienone is 1. The summed E-state index contributed by atoms with van der Waals surface area (Å²) in [6.45, 7) is 1.92. The second-order valence-electron chi connectivity index (χ2n) is 7.17. The fourth-order valence-corrected chi connectivity index (χ4v) is 3.91. The van der Waals surface area contributed by atoms with Crippen molar-refractivity contribution in [2.75, 3.05) is 19.8 Å². The van der Waals surface area contributed by atoms with Crippen LogP contribution in [0.2, 0.25) is 0 Å². The van der Waals surface area contributed by atoms with Crippen LogP contribution in [0.5, 0.6) is 0 Å². The van der Waals surface area contributed by atoms with Crippen molar-refractivity contribution in [2.24, 2.45) is 5.41 Å². The fraction of sp³-hybridized carbons (Fsp3) is 0.500. The Morgan fingerprint density at radius 1 is 1.29 bits per heavy atom. The summed E-state index contributed by atoms with van der Waals surface area (Å²) in [5.41, 5.74) is 8.72. The minimum Gasteiger partial charge on any atom is -0.399 e. The minimum absolute atomic E-state index is 0.263. The van der Waals surface area contributed by atoms with Crippen molar-refractivity contribution in [2.45, 2.75) is 38.0 Å². The van der Waals surface area contributed by atoms with E-state index < -0.39 is 0 Å². The third kappa shape index (κ3) is 2.35. The lowest BCUT2D eigenvalue weighted by Gasteiger charge is -2.48. The molecule has 0 unspecified atom stereocenters. The molecule has 2 aliphatic rings. The maximum absolute atomic E-state index is 13.1. The number of nitrogens with two attached hydrogens (primary N) is 1. The number of hydrogen-bond acceptors (Lipinski definition) is 3. The van der Waals surface area contributed by atoms with Crippen LogP contribution in [0.25, 0.3) is 0 Å². The quantitative estimate of drug-likeness (QED) is 0.682. The van der Waals surface area contributed by atoms with Crippen LogP contribution in [0.3, 0.4) is 0 Å². The van der Waals surface area contributed by atoms with E-state index in [-0.39, 0.29) is 11.2 Å². The summed E-state index contributed by atoms with van der Waals surface area (Å²) < 4.78 is 0. The Morgan fingerprint density at radius 3 is 2.48 bits per heavy atom. The first-order valence-electron chi connectivity index (χ1n) is 7.63. The number of nitrogen functional groups attached to an aromatic ring is 1. The number of nitrogens with zero attached hydrogens (tertiary/aromatic N) is 1. The largest absolute Gasteiger partial charge is 0.399 e. The summed E-state index contributed by atoms with van der Waals surface area (Å²) >= 11 is 0. The molecule has 21 heavy (non-hydrogen) atoms. The van der Waals surface area contributed by atoms with Gasteiger partial charge in [-0.3, -0.25) is 4.79 Å². The third-order valence-corrected chi connectivity index (χ3v) is 4.99. The van der Waals surface area contributed by atoms with Crippen LogP contribution in [0, 0.1) is 5.41 Å². The van der Waals surface area contributed by atoms with Gasteiger partial charge in [-0.1, -0.05) is 12.1 Å². The van der Waals surface area contributed by atoms with Gasteiger partial charge in [-0.2, -0.15) is 0 Å². The zero-order valence-electron chi connectivity index (χ0n) is 13.1. The van der Waals surface area contributed by atoms with Crippen LogP contribution in [0.1, 0.15) is 38.2 Å². The number of anilines is 1. The van der Waals surface area contributed by atoms with Crippen molar-refractivity contribution < 1.29 is 4.79 Å². The van der Waals surface area contributed by atoms with Crippen LogP contribution in [0.4, 0.5) is 5.69 Å². The van der Waals surface area contributed by atoms with Gasteiger partial charge < -0.3 is 10.6 Å². The van der Waals surface area contributed by atoms with Gasteiger partial charge in [0.15, 0.2) is 5.78 Å². The predicted octanol–water partition coefficient (Wildman–Crippen LogP) is 3.12. The van der Waals surface area contributed by atoms with Crippen molar-refractivity contribution in [3.05, 3.63) is 41.6 Å². The van der Waals surface area contributed by atoms with E-state index in [0.717, 1.165) is 29.7 Å². The molecule has 0 amide bonds. The van der Waals surface area contributed by atoms with E-state index in [1.165, 1.54) is 12.8 Å². The van der Waals surface area contributed by atoms with Gasteiger partial charge in [-0.25, -0.2) is 0 Å². The second kappa shape index (κ2) is 4.62. The maximum atomic E-state index is 13.1. The fourth-order valence-electron chi connectivity index (χ4n) is 3.91. The Hall–Kier alpha value is -1.77. The normalized spacial score (nSPS) is 21.8. The highest BCUT2D eigenvalue weighted by Gasteiger charge is 2.64. The van der Waals surface area contributed by atoms with E-state index in [9.17, 15) is 4.79 Å². The Kier molecular flexibility index (Phi) is 3.12. The standard InChI is InChI=1S/C18H24N2O/c1-13(10-20(2)3)16(21)18(11-17(12-18)7-8-17)14-5-4-6-15(19)9-14/h4-6,9-10H,7-8,11-12,19H2,1-3H3/b13-10+. The molecule has 2 fully saturated rings. The molecule has 1 aromatic rings. The molecule has 112 valence electrons. The molecule has 0 saturated heterocycles. The molecule has 0 atom stereocenters. The summed E-state index contributed by atoms with van der Waals surface area (Å²) in [5, 5.41) is 0. The van der Waals surface area contributed by atoms with Crippen molar-refractivity contribution >= 4 is 11.5 Å². The molecule has 0 heterocycles. The lowest BCUT2D eigenvalue weighted by atomic mass is 9.53. The van der Waals surface area contributed by atoms with Gasteiger partial charge in [-0.15, -0.1) is 0 Å².